The van der Waals surface area contributed by atoms with E-state index in [0.717, 1.165) is 5.69 Å². The fourth-order valence-corrected chi connectivity index (χ4v) is 3.09. The number of ether oxygens (including phenoxy) is 1. The average Bonchev–Trinajstić information content (AvgIpc) is 2.84. The quantitative estimate of drug-likeness (QED) is 0.774. The summed E-state index contributed by atoms with van der Waals surface area (Å²) in [4.78, 5) is 3.91. The molecule has 114 valence electrons. The lowest BCUT2D eigenvalue weighted by Gasteiger charge is -2.14. The minimum Gasteiger partial charge on any atom is -0.486 e. The molecule has 0 saturated carbocycles. The zero-order valence-electron chi connectivity index (χ0n) is 11.5. The van der Waals surface area contributed by atoms with Crippen molar-refractivity contribution in [3.8, 4) is 5.75 Å². The van der Waals surface area contributed by atoms with Crippen LogP contribution in [0.15, 0.2) is 35.6 Å². The first kappa shape index (κ1) is 16.1. The van der Waals surface area contributed by atoms with Gasteiger partial charge in [-0.3, -0.25) is 0 Å². The maximum absolute atomic E-state index is 11.6. The maximum Gasteiger partial charge on any atom is 0.265 e. The molecule has 0 fully saturated rings. The first-order chi connectivity index (χ1) is 9.79. The number of aromatic nitrogens is 2. The number of hydrogen-bond acceptors (Lipinski definition) is 4. The lowest BCUT2D eigenvalue weighted by molar-refractivity contribution is 0.285. The highest BCUT2D eigenvalue weighted by molar-refractivity contribution is 8.13. The predicted octanol–water partition coefficient (Wildman–Crippen LogP) is 3.62. The fraction of sp³-hybridized carbons (Fsp3) is 0.308. The molecule has 0 unspecified atom stereocenters. The lowest BCUT2D eigenvalue weighted by atomic mass is 10.3. The number of hydrogen-bond donors (Lipinski definition) is 0. The molecule has 2 aromatic rings. The van der Waals surface area contributed by atoms with E-state index in [-0.39, 0.29) is 28.3 Å². The number of rotatable bonds is 5. The van der Waals surface area contributed by atoms with Crippen LogP contribution < -0.4 is 4.74 Å². The molecule has 21 heavy (non-hydrogen) atoms. The largest absolute Gasteiger partial charge is 0.486 e. The summed E-state index contributed by atoms with van der Waals surface area (Å²) in [6, 6.07) is 4.52. The molecule has 0 bridgehead atoms. The van der Waals surface area contributed by atoms with Crippen LogP contribution in [-0.2, 0) is 15.7 Å². The third-order valence-corrected chi connectivity index (χ3v) is 4.42. The number of halogens is 2. The highest BCUT2D eigenvalue weighted by Crippen LogP contribution is 2.30. The molecular weight excluding hydrogens is 335 g/mol. The number of benzene rings is 1. The molecule has 0 spiro atoms. The van der Waals surface area contributed by atoms with Gasteiger partial charge in [-0.25, -0.2) is 13.4 Å². The van der Waals surface area contributed by atoms with Crippen molar-refractivity contribution in [1.82, 2.24) is 9.55 Å². The summed E-state index contributed by atoms with van der Waals surface area (Å²) in [6.45, 7) is 4.21. The van der Waals surface area contributed by atoms with Crippen LogP contribution in [0.3, 0.4) is 0 Å². The highest BCUT2D eigenvalue weighted by atomic mass is 35.7. The maximum atomic E-state index is 11.6. The Morgan fingerprint density at radius 2 is 2.10 bits per heavy atom. The zero-order valence-corrected chi connectivity index (χ0v) is 13.8. The Morgan fingerprint density at radius 1 is 1.38 bits per heavy atom. The van der Waals surface area contributed by atoms with Gasteiger partial charge in [-0.15, -0.1) is 0 Å². The summed E-state index contributed by atoms with van der Waals surface area (Å²) in [6.07, 6.45) is 3.37. The molecule has 1 aromatic heterocycles. The molecule has 1 aromatic carbocycles. The predicted molar refractivity (Wildman–Crippen MR) is 81.4 cm³/mol. The number of imidazole rings is 1. The summed E-state index contributed by atoms with van der Waals surface area (Å²) < 4.78 is 30.6. The van der Waals surface area contributed by atoms with Crippen molar-refractivity contribution in [2.24, 2.45) is 0 Å². The molecule has 0 atom stereocenters. The summed E-state index contributed by atoms with van der Waals surface area (Å²) in [7, 11) is 1.46. The van der Waals surface area contributed by atoms with Gasteiger partial charge in [0.15, 0.2) is 0 Å². The first-order valence-corrected chi connectivity index (χ1v) is 8.85. The van der Waals surface area contributed by atoms with Gasteiger partial charge in [-0.2, -0.15) is 0 Å². The van der Waals surface area contributed by atoms with Crippen LogP contribution in [0, 0.1) is 0 Å². The van der Waals surface area contributed by atoms with Gasteiger partial charge < -0.3 is 9.30 Å². The van der Waals surface area contributed by atoms with Crippen molar-refractivity contribution in [3.63, 3.8) is 0 Å². The SMILES string of the molecule is CC(C)n1cncc1COc1ccc(Cl)cc1S(=O)(=O)Cl. The normalized spacial score (nSPS) is 11.9. The van der Waals surface area contributed by atoms with Gasteiger partial charge in [-0.05, 0) is 32.0 Å². The Labute approximate surface area is 132 Å². The monoisotopic (exact) mass is 348 g/mol. The van der Waals surface area contributed by atoms with Crippen molar-refractivity contribution in [3.05, 3.63) is 41.4 Å². The van der Waals surface area contributed by atoms with Crippen LogP contribution in [-0.4, -0.2) is 18.0 Å². The molecule has 0 saturated heterocycles. The minimum absolute atomic E-state index is 0.146. The third kappa shape index (κ3) is 3.90. The fourth-order valence-electron chi connectivity index (χ4n) is 1.85. The van der Waals surface area contributed by atoms with Gasteiger partial charge in [0.2, 0.25) is 0 Å². The molecule has 0 N–H and O–H groups in total. The van der Waals surface area contributed by atoms with Crippen molar-refractivity contribution in [2.45, 2.75) is 31.4 Å². The van der Waals surface area contributed by atoms with E-state index < -0.39 is 9.05 Å². The van der Waals surface area contributed by atoms with Crippen LogP contribution in [0.4, 0.5) is 0 Å². The summed E-state index contributed by atoms with van der Waals surface area (Å²) in [5.74, 6) is 0.158. The van der Waals surface area contributed by atoms with Crippen LogP contribution in [0.2, 0.25) is 5.02 Å². The summed E-state index contributed by atoms with van der Waals surface area (Å²) >= 11 is 5.80. The number of nitrogens with zero attached hydrogens (tertiary/aromatic N) is 2. The topological polar surface area (TPSA) is 61.2 Å². The molecule has 0 aliphatic rings. The summed E-state index contributed by atoms with van der Waals surface area (Å²) in [5.41, 5.74) is 0.831. The highest BCUT2D eigenvalue weighted by Gasteiger charge is 2.18. The molecule has 0 amide bonds. The van der Waals surface area contributed by atoms with Gasteiger partial charge in [0.1, 0.15) is 17.3 Å². The van der Waals surface area contributed by atoms with E-state index in [1.807, 2.05) is 18.4 Å². The van der Waals surface area contributed by atoms with E-state index in [9.17, 15) is 8.42 Å². The molecule has 8 heteroatoms. The van der Waals surface area contributed by atoms with Crippen molar-refractivity contribution in [1.29, 1.82) is 0 Å². The van der Waals surface area contributed by atoms with Gasteiger partial charge in [0.05, 0.1) is 18.2 Å². The Balaban J connectivity index is 2.27. The molecule has 0 aliphatic carbocycles. The van der Waals surface area contributed by atoms with Crippen LogP contribution in [0.5, 0.6) is 5.75 Å². The zero-order chi connectivity index (χ0) is 15.6. The van der Waals surface area contributed by atoms with E-state index >= 15 is 0 Å². The van der Waals surface area contributed by atoms with E-state index in [1.165, 1.54) is 12.1 Å². The van der Waals surface area contributed by atoms with Crippen molar-refractivity contribution in [2.75, 3.05) is 0 Å². The van der Waals surface area contributed by atoms with E-state index in [4.69, 9.17) is 27.0 Å². The van der Waals surface area contributed by atoms with E-state index in [1.54, 1.807) is 18.6 Å². The third-order valence-electron chi connectivity index (χ3n) is 2.85. The van der Waals surface area contributed by atoms with E-state index in [2.05, 4.69) is 4.98 Å². The van der Waals surface area contributed by atoms with Crippen molar-refractivity contribution < 1.29 is 13.2 Å². The second kappa shape index (κ2) is 6.25. The van der Waals surface area contributed by atoms with Gasteiger partial charge in [0.25, 0.3) is 9.05 Å². The Morgan fingerprint density at radius 3 is 2.71 bits per heavy atom. The first-order valence-electron chi connectivity index (χ1n) is 6.16. The Bertz CT molecular complexity index is 742. The second-order valence-electron chi connectivity index (χ2n) is 4.70. The Hall–Kier alpha value is -1.24. The minimum atomic E-state index is -3.93. The van der Waals surface area contributed by atoms with Gasteiger partial charge in [-0.1, -0.05) is 11.6 Å². The molecule has 2 rings (SSSR count). The summed E-state index contributed by atoms with van der Waals surface area (Å²) in [5, 5.41) is 0.272. The van der Waals surface area contributed by atoms with E-state index in [0.29, 0.717) is 0 Å². The molecule has 5 nitrogen and oxygen atoms in total. The standard InChI is InChI=1S/C13H14Cl2N2O3S/c1-9(2)17-8-16-6-11(17)7-20-12-4-3-10(14)5-13(12)21(15,18)19/h3-6,8-9H,7H2,1-2H3. The van der Waals surface area contributed by atoms with Crippen molar-refractivity contribution >= 4 is 31.3 Å². The van der Waals surface area contributed by atoms with Gasteiger partial charge in [0, 0.05) is 21.7 Å². The molecule has 0 aliphatic heterocycles. The average molecular weight is 349 g/mol. The van der Waals surface area contributed by atoms with Gasteiger partial charge >= 0.3 is 0 Å². The lowest BCUT2D eigenvalue weighted by Crippen LogP contribution is -2.08. The van der Waals surface area contributed by atoms with Crippen LogP contribution >= 0.6 is 22.3 Å². The van der Waals surface area contributed by atoms with Crippen LogP contribution in [0.25, 0.3) is 0 Å². The Kier molecular flexibility index (Phi) is 4.81. The smallest absolute Gasteiger partial charge is 0.265 e. The van der Waals surface area contributed by atoms with Crippen LogP contribution in [0.1, 0.15) is 25.6 Å². The molecule has 1 heterocycles. The molecular formula is C13H14Cl2N2O3S. The second-order valence-corrected chi connectivity index (χ2v) is 7.67. The molecule has 0 radical (unpaired) electrons.